The first-order valence-corrected chi connectivity index (χ1v) is 31.9. The molecule has 0 bridgehead atoms. The van der Waals surface area contributed by atoms with E-state index in [1.165, 1.54) is 283 Å². The van der Waals surface area contributed by atoms with Crippen molar-refractivity contribution in [3.8, 4) is 0 Å². The lowest BCUT2D eigenvalue weighted by Crippen LogP contribution is -2.45. The summed E-state index contributed by atoms with van der Waals surface area (Å²) < 4.78 is 5.46. The van der Waals surface area contributed by atoms with Gasteiger partial charge in [0, 0.05) is 12.8 Å². The second-order valence-electron chi connectivity index (χ2n) is 22.1. The van der Waals surface area contributed by atoms with Gasteiger partial charge in [0.15, 0.2) is 0 Å². The van der Waals surface area contributed by atoms with E-state index in [4.69, 9.17) is 4.74 Å². The first-order valence-electron chi connectivity index (χ1n) is 31.9. The van der Waals surface area contributed by atoms with Crippen LogP contribution in [0.1, 0.15) is 361 Å². The fourth-order valence-corrected chi connectivity index (χ4v) is 10.2. The molecule has 0 aromatic carbocycles. The van der Waals surface area contributed by atoms with Gasteiger partial charge in [0.05, 0.1) is 25.4 Å². The van der Waals surface area contributed by atoms with Gasteiger partial charge in [-0.05, 0) is 51.4 Å². The van der Waals surface area contributed by atoms with Crippen LogP contribution in [0.3, 0.4) is 0 Å². The molecule has 0 saturated heterocycles. The number of allylic oxidation sites excluding steroid dienone is 2. The molecule has 70 heavy (non-hydrogen) atoms. The molecule has 6 heteroatoms. The summed E-state index contributed by atoms with van der Waals surface area (Å²) in [6.45, 7) is 4.95. The normalized spacial score (nSPS) is 12.6. The van der Waals surface area contributed by atoms with Gasteiger partial charge in [-0.1, -0.05) is 309 Å². The van der Waals surface area contributed by atoms with E-state index in [1.54, 1.807) is 0 Å². The Labute approximate surface area is 438 Å². The van der Waals surface area contributed by atoms with E-state index >= 15 is 0 Å². The van der Waals surface area contributed by atoms with Crippen LogP contribution in [0.4, 0.5) is 0 Å². The largest absolute Gasteiger partial charge is 0.466 e. The molecule has 0 fully saturated rings. The monoisotopic (exact) mass is 988 g/mol. The quantitative estimate of drug-likeness (QED) is 0.0321. The van der Waals surface area contributed by atoms with Crippen LogP contribution in [0.2, 0.25) is 0 Å². The minimum atomic E-state index is -0.669. The Bertz CT molecular complexity index is 1050. The van der Waals surface area contributed by atoms with Crippen molar-refractivity contribution in [2.75, 3.05) is 13.2 Å². The maximum Gasteiger partial charge on any atom is 0.305 e. The lowest BCUT2D eigenvalue weighted by Gasteiger charge is -2.22. The highest BCUT2D eigenvalue weighted by atomic mass is 16.5. The predicted octanol–water partition coefficient (Wildman–Crippen LogP) is 20.0. The van der Waals surface area contributed by atoms with E-state index < -0.39 is 12.1 Å². The third-order valence-corrected chi connectivity index (χ3v) is 15.1. The Kier molecular flexibility index (Phi) is 59.0. The van der Waals surface area contributed by atoms with Crippen LogP contribution < -0.4 is 5.32 Å². The summed E-state index contributed by atoms with van der Waals surface area (Å²) in [7, 11) is 0. The van der Waals surface area contributed by atoms with Gasteiger partial charge in [-0.3, -0.25) is 9.59 Å². The van der Waals surface area contributed by atoms with Gasteiger partial charge in [-0.2, -0.15) is 0 Å². The molecule has 1 amide bonds. The number of rotatable bonds is 60. The van der Waals surface area contributed by atoms with Gasteiger partial charge >= 0.3 is 5.97 Å². The second kappa shape index (κ2) is 60.2. The van der Waals surface area contributed by atoms with E-state index in [2.05, 4.69) is 31.3 Å². The molecular weight excluding hydrogens is 863 g/mol. The molecular formula is C64H125NO5. The number of carbonyl (C=O) groups is 2. The van der Waals surface area contributed by atoms with Crippen molar-refractivity contribution in [1.29, 1.82) is 0 Å². The van der Waals surface area contributed by atoms with Crippen LogP contribution in [-0.2, 0) is 14.3 Å². The van der Waals surface area contributed by atoms with Crippen molar-refractivity contribution >= 4 is 11.9 Å². The van der Waals surface area contributed by atoms with E-state index in [0.717, 1.165) is 44.9 Å². The third kappa shape index (κ3) is 55.9. The van der Waals surface area contributed by atoms with E-state index in [-0.39, 0.29) is 18.5 Å². The molecule has 416 valence electrons. The summed E-state index contributed by atoms with van der Waals surface area (Å²) in [6, 6.07) is -0.546. The second-order valence-corrected chi connectivity index (χ2v) is 22.1. The van der Waals surface area contributed by atoms with Crippen LogP contribution in [0, 0.1) is 0 Å². The lowest BCUT2D eigenvalue weighted by atomic mass is 10.0. The molecule has 0 aliphatic carbocycles. The highest BCUT2D eigenvalue weighted by molar-refractivity contribution is 5.76. The third-order valence-electron chi connectivity index (χ3n) is 15.1. The number of unbranched alkanes of at least 4 members (excludes halogenated alkanes) is 47. The molecule has 6 nitrogen and oxygen atoms in total. The Morgan fingerprint density at radius 3 is 1.04 bits per heavy atom. The number of esters is 1. The SMILES string of the molecule is CCCCC/C=C\CCCCCCCC(=O)OCCCCCCCCCCCCCCCCCCCC(=O)NC(CO)C(O)CCCCCCCCCCCCCCCCCCCCCCCCCC. The molecule has 0 aliphatic rings. The maximum absolute atomic E-state index is 12.5. The molecule has 0 radical (unpaired) electrons. The van der Waals surface area contributed by atoms with Gasteiger partial charge < -0.3 is 20.3 Å². The average Bonchev–Trinajstić information content (AvgIpc) is 3.36. The summed E-state index contributed by atoms with van der Waals surface area (Å²) in [6.07, 6.45) is 72.2. The van der Waals surface area contributed by atoms with Crippen molar-refractivity contribution in [2.45, 2.75) is 373 Å². The molecule has 0 saturated carbocycles. The number of nitrogens with one attached hydrogen (secondary N) is 1. The smallest absolute Gasteiger partial charge is 0.305 e. The number of carbonyl (C=O) groups excluding carboxylic acids is 2. The fourth-order valence-electron chi connectivity index (χ4n) is 10.2. The minimum absolute atomic E-state index is 0.00358. The van der Waals surface area contributed by atoms with Crippen LogP contribution in [-0.4, -0.2) is 47.4 Å². The van der Waals surface area contributed by atoms with E-state index in [1.807, 2.05) is 0 Å². The zero-order valence-electron chi connectivity index (χ0n) is 47.5. The predicted molar refractivity (Wildman–Crippen MR) is 306 cm³/mol. The minimum Gasteiger partial charge on any atom is -0.466 e. The molecule has 2 atom stereocenters. The summed E-state index contributed by atoms with van der Waals surface area (Å²) in [4.78, 5) is 24.5. The summed E-state index contributed by atoms with van der Waals surface area (Å²) in [5, 5.41) is 23.4. The zero-order chi connectivity index (χ0) is 50.7. The molecule has 0 rings (SSSR count). The number of aliphatic hydroxyl groups excluding tert-OH is 2. The summed E-state index contributed by atoms with van der Waals surface area (Å²) in [5.74, 6) is -0.0396. The van der Waals surface area contributed by atoms with Crippen LogP contribution >= 0.6 is 0 Å². The Balaban J connectivity index is 3.41. The van der Waals surface area contributed by atoms with Gasteiger partial charge in [0.1, 0.15) is 0 Å². The van der Waals surface area contributed by atoms with Gasteiger partial charge in [0.25, 0.3) is 0 Å². The van der Waals surface area contributed by atoms with Crippen LogP contribution in [0.25, 0.3) is 0 Å². The number of hydrogen-bond donors (Lipinski definition) is 3. The fraction of sp³-hybridized carbons (Fsp3) is 0.938. The Morgan fingerprint density at radius 1 is 0.386 bits per heavy atom. The van der Waals surface area contributed by atoms with Crippen molar-refractivity contribution < 1.29 is 24.5 Å². The zero-order valence-corrected chi connectivity index (χ0v) is 47.5. The highest BCUT2D eigenvalue weighted by Gasteiger charge is 2.20. The molecule has 2 unspecified atom stereocenters. The van der Waals surface area contributed by atoms with E-state index in [0.29, 0.717) is 25.9 Å². The molecule has 0 aromatic rings. The molecule has 0 aromatic heterocycles. The molecule has 0 aliphatic heterocycles. The number of ether oxygens (including phenoxy) is 1. The van der Waals surface area contributed by atoms with Crippen LogP contribution in [0.15, 0.2) is 12.2 Å². The van der Waals surface area contributed by atoms with Crippen molar-refractivity contribution in [1.82, 2.24) is 5.32 Å². The number of amides is 1. The standard InChI is InChI=1S/C64H125NO5/c1-3-5-7-9-11-13-15-17-18-19-20-21-22-23-24-25-27-30-33-36-40-44-48-52-56-62(67)61(60-66)65-63(68)57-53-49-45-41-37-34-31-28-26-29-32-35-39-43-47-51-55-59-70-64(69)58-54-50-46-42-38-16-14-12-10-8-6-4-2/h12,14,61-62,66-67H,3-11,13,15-60H2,1-2H3,(H,65,68)/b14-12-. The number of aliphatic hydroxyl groups is 2. The molecule has 0 spiro atoms. The molecule has 3 N–H and O–H groups in total. The lowest BCUT2D eigenvalue weighted by molar-refractivity contribution is -0.143. The topological polar surface area (TPSA) is 95.9 Å². The average molecular weight is 989 g/mol. The van der Waals surface area contributed by atoms with Crippen molar-refractivity contribution in [2.24, 2.45) is 0 Å². The van der Waals surface area contributed by atoms with E-state index in [9.17, 15) is 19.8 Å². The first-order chi connectivity index (χ1) is 34.5. The van der Waals surface area contributed by atoms with Gasteiger partial charge in [-0.25, -0.2) is 0 Å². The molecule has 0 heterocycles. The van der Waals surface area contributed by atoms with Gasteiger partial charge in [-0.15, -0.1) is 0 Å². The Hall–Kier alpha value is -1.40. The summed E-state index contributed by atoms with van der Waals surface area (Å²) >= 11 is 0. The van der Waals surface area contributed by atoms with Crippen molar-refractivity contribution in [3.05, 3.63) is 12.2 Å². The van der Waals surface area contributed by atoms with Gasteiger partial charge in [0.2, 0.25) is 5.91 Å². The van der Waals surface area contributed by atoms with Crippen molar-refractivity contribution in [3.63, 3.8) is 0 Å². The maximum atomic E-state index is 12.5. The summed E-state index contributed by atoms with van der Waals surface area (Å²) in [5.41, 5.74) is 0. The number of hydrogen-bond acceptors (Lipinski definition) is 5. The highest BCUT2D eigenvalue weighted by Crippen LogP contribution is 2.18. The van der Waals surface area contributed by atoms with Crippen LogP contribution in [0.5, 0.6) is 0 Å². The first kappa shape index (κ1) is 68.6. The Morgan fingerprint density at radius 2 is 0.671 bits per heavy atom.